The highest BCUT2D eigenvalue weighted by Crippen LogP contribution is 2.28. The molecule has 18 heavy (non-hydrogen) atoms. The fourth-order valence-corrected chi connectivity index (χ4v) is 1.35. The molecule has 0 amide bonds. The minimum Gasteiger partial charge on any atom is -0.328 e. The minimum atomic E-state index is -1.21. The van der Waals surface area contributed by atoms with E-state index in [1.807, 2.05) is 0 Å². The summed E-state index contributed by atoms with van der Waals surface area (Å²) in [4.78, 5) is 27.9. The monoisotopic (exact) mass is 257 g/mol. The second-order valence-electron chi connectivity index (χ2n) is 3.62. The fraction of sp³-hybridized carbons (Fsp3) is 0.333. The Bertz CT molecular complexity index is 462. The van der Waals surface area contributed by atoms with Crippen LogP contribution in [-0.4, -0.2) is 16.1 Å². The molecule has 1 rings (SSSR count). The van der Waals surface area contributed by atoms with Crippen molar-refractivity contribution < 1.29 is 19.9 Å². The van der Waals surface area contributed by atoms with Crippen LogP contribution in [0.15, 0.2) is 18.2 Å². The Labute approximate surface area is 101 Å². The van der Waals surface area contributed by atoms with E-state index < -0.39 is 15.7 Å². The van der Waals surface area contributed by atoms with Crippen LogP contribution in [0.25, 0.3) is 0 Å². The van der Waals surface area contributed by atoms with Crippen molar-refractivity contribution in [1.29, 1.82) is 0 Å². The van der Waals surface area contributed by atoms with Crippen LogP contribution in [0.4, 0.5) is 5.69 Å². The molecular weight excluding hydrogens is 246 g/mol. The molecule has 0 aliphatic carbocycles. The summed E-state index contributed by atoms with van der Waals surface area (Å²) in [6.45, 7) is 1.76. The van der Waals surface area contributed by atoms with E-state index in [2.05, 4.69) is 9.88 Å². The Kier molecular flexibility index (Phi) is 4.38. The normalized spacial score (nSPS) is 11.7. The number of hydrogen-bond acceptors (Lipinski definition) is 7. The zero-order chi connectivity index (χ0) is 13.7. The quantitative estimate of drug-likeness (QED) is 0.456. The lowest BCUT2D eigenvalue weighted by molar-refractivity contribution is -0.833. The van der Waals surface area contributed by atoms with E-state index in [0.717, 1.165) is 0 Å². The van der Waals surface area contributed by atoms with Crippen LogP contribution in [0.2, 0.25) is 0 Å². The maximum absolute atomic E-state index is 10.8. The van der Waals surface area contributed by atoms with Gasteiger partial charge in [0, 0.05) is 12.1 Å². The van der Waals surface area contributed by atoms with E-state index in [-0.39, 0.29) is 11.8 Å². The molecule has 9 heteroatoms. The van der Waals surface area contributed by atoms with Crippen LogP contribution >= 0.6 is 0 Å². The zero-order valence-corrected chi connectivity index (χ0v) is 9.44. The molecule has 0 aliphatic heterocycles. The zero-order valence-electron chi connectivity index (χ0n) is 9.44. The van der Waals surface area contributed by atoms with Crippen molar-refractivity contribution in [2.45, 2.75) is 19.4 Å². The van der Waals surface area contributed by atoms with Crippen molar-refractivity contribution in [3.8, 4) is 5.75 Å². The number of rotatable bonds is 6. The average Bonchev–Trinajstić information content (AvgIpc) is 2.26. The molecule has 0 spiro atoms. The van der Waals surface area contributed by atoms with Gasteiger partial charge in [-0.2, -0.15) is 0 Å². The first-order chi connectivity index (χ1) is 8.40. The van der Waals surface area contributed by atoms with E-state index in [9.17, 15) is 20.2 Å². The predicted octanol–water partition coefficient (Wildman–Crippen LogP) is 0.987. The first-order valence-corrected chi connectivity index (χ1v) is 4.92. The topological polar surface area (TPSA) is 131 Å². The molecule has 0 heterocycles. The van der Waals surface area contributed by atoms with Crippen LogP contribution in [0, 0.1) is 20.2 Å². The van der Waals surface area contributed by atoms with Gasteiger partial charge in [-0.15, -0.1) is 10.1 Å². The van der Waals surface area contributed by atoms with Crippen molar-refractivity contribution in [3.63, 3.8) is 0 Å². The Morgan fingerprint density at radius 2 is 2.06 bits per heavy atom. The fourth-order valence-electron chi connectivity index (χ4n) is 1.35. The molecule has 0 radical (unpaired) electrons. The lowest BCUT2D eigenvalue weighted by atomic mass is 10.1. The third kappa shape index (κ3) is 3.87. The van der Waals surface area contributed by atoms with Gasteiger partial charge in [0.15, 0.2) is 0 Å². The van der Waals surface area contributed by atoms with Gasteiger partial charge in [-0.25, -0.2) is 0 Å². The second kappa shape index (κ2) is 5.77. The SMILES string of the molecule is C[C@@H](N)Cc1ccc(OO[N+](=O)[O-])c([N+](=O)[O-])c1. The average molecular weight is 257 g/mol. The summed E-state index contributed by atoms with van der Waals surface area (Å²) in [6.07, 6.45) is 0.442. The van der Waals surface area contributed by atoms with E-state index in [4.69, 9.17) is 5.73 Å². The van der Waals surface area contributed by atoms with Gasteiger partial charge in [-0.1, -0.05) is 11.1 Å². The number of nitrogens with zero attached hydrogens (tertiary/aromatic N) is 2. The lowest BCUT2D eigenvalue weighted by Crippen LogP contribution is -2.17. The predicted molar refractivity (Wildman–Crippen MR) is 59.2 cm³/mol. The Morgan fingerprint density at radius 1 is 1.39 bits per heavy atom. The number of nitrogens with two attached hydrogens (primary N) is 1. The molecular formula is C9H11N3O6. The third-order valence-corrected chi connectivity index (χ3v) is 1.97. The van der Waals surface area contributed by atoms with E-state index in [1.54, 1.807) is 6.92 Å². The van der Waals surface area contributed by atoms with Gasteiger partial charge in [0.2, 0.25) is 5.75 Å². The molecule has 0 saturated heterocycles. The van der Waals surface area contributed by atoms with Crippen LogP contribution < -0.4 is 10.6 Å². The van der Waals surface area contributed by atoms with Crippen LogP contribution in [0.1, 0.15) is 12.5 Å². The lowest BCUT2D eigenvalue weighted by Gasteiger charge is -2.07. The van der Waals surface area contributed by atoms with Gasteiger partial charge in [0.05, 0.1) is 4.92 Å². The van der Waals surface area contributed by atoms with Gasteiger partial charge in [-0.3, -0.25) is 15.0 Å². The third-order valence-electron chi connectivity index (χ3n) is 1.97. The van der Waals surface area contributed by atoms with Gasteiger partial charge in [-0.05, 0) is 25.0 Å². The molecule has 98 valence electrons. The summed E-state index contributed by atoms with van der Waals surface area (Å²) in [5.41, 5.74) is 5.78. The highest BCUT2D eigenvalue weighted by Gasteiger charge is 2.18. The van der Waals surface area contributed by atoms with Crippen molar-refractivity contribution in [3.05, 3.63) is 44.0 Å². The smallest absolute Gasteiger partial charge is 0.328 e. The molecule has 1 atom stereocenters. The first kappa shape index (κ1) is 13.6. The summed E-state index contributed by atoms with van der Waals surface area (Å²) in [6, 6.07) is 3.82. The maximum Gasteiger partial charge on any atom is 0.331 e. The van der Waals surface area contributed by atoms with Crippen molar-refractivity contribution in [2.75, 3.05) is 0 Å². The van der Waals surface area contributed by atoms with E-state index in [1.165, 1.54) is 18.2 Å². The number of nitro groups is 1. The van der Waals surface area contributed by atoms with Gasteiger partial charge >= 0.3 is 10.8 Å². The summed E-state index contributed by atoms with van der Waals surface area (Å²) in [5, 5.41) is 19.5. The highest BCUT2D eigenvalue weighted by atomic mass is 17.3. The Morgan fingerprint density at radius 3 is 2.56 bits per heavy atom. The molecule has 9 nitrogen and oxygen atoms in total. The molecule has 0 aliphatic rings. The maximum atomic E-state index is 10.8. The van der Waals surface area contributed by atoms with Crippen molar-refractivity contribution in [2.24, 2.45) is 5.73 Å². The molecule has 0 bridgehead atoms. The molecule has 0 saturated carbocycles. The van der Waals surface area contributed by atoms with Crippen LogP contribution in [0.5, 0.6) is 5.75 Å². The Balaban J connectivity index is 2.97. The largest absolute Gasteiger partial charge is 0.331 e. The second-order valence-corrected chi connectivity index (χ2v) is 3.62. The van der Waals surface area contributed by atoms with Gasteiger partial charge in [0.1, 0.15) is 0 Å². The van der Waals surface area contributed by atoms with Crippen molar-refractivity contribution >= 4 is 5.69 Å². The highest BCUT2D eigenvalue weighted by molar-refractivity contribution is 5.48. The molecule has 1 aromatic rings. The Hall–Kier alpha value is -2.42. The number of hydrogen-bond donors (Lipinski definition) is 1. The standard InChI is InChI=1S/C9H11N3O6/c1-6(10)4-7-2-3-9(17-18-12(15)16)8(5-7)11(13)14/h2-3,5-6H,4,10H2,1H3/t6-/m1/s1. The number of nitro benzene ring substituents is 1. The summed E-state index contributed by atoms with van der Waals surface area (Å²) < 4.78 is 0. The molecule has 2 N–H and O–H groups in total. The van der Waals surface area contributed by atoms with E-state index in [0.29, 0.717) is 12.0 Å². The van der Waals surface area contributed by atoms with Gasteiger partial charge < -0.3 is 5.73 Å². The molecule has 0 aromatic heterocycles. The van der Waals surface area contributed by atoms with Crippen LogP contribution in [0.3, 0.4) is 0 Å². The summed E-state index contributed by atoms with van der Waals surface area (Å²) in [5.74, 6) is -0.342. The van der Waals surface area contributed by atoms with Gasteiger partial charge in [0.25, 0.3) is 0 Å². The first-order valence-electron chi connectivity index (χ1n) is 4.92. The minimum absolute atomic E-state index is 0.161. The number of benzene rings is 1. The molecule has 0 unspecified atom stereocenters. The summed E-state index contributed by atoms with van der Waals surface area (Å²) >= 11 is 0. The summed E-state index contributed by atoms with van der Waals surface area (Å²) in [7, 11) is 0. The van der Waals surface area contributed by atoms with E-state index >= 15 is 0 Å². The molecule has 0 fully saturated rings. The van der Waals surface area contributed by atoms with Crippen molar-refractivity contribution in [1.82, 2.24) is 0 Å². The molecule has 1 aromatic carbocycles. The van der Waals surface area contributed by atoms with Crippen LogP contribution in [-0.2, 0) is 11.4 Å².